The summed E-state index contributed by atoms with van der Waals surface area (Å²) in [6.45, 7) is 2.24. The molecule has 1 fully saturated rings. The summed E-state index contributed by atoms with van der Waals surface area (Å²) in [7, 11) is 0. The molecular formula is C13H23Cl. The minimum absolute atomic E-state index is 0.476. The molecule has 82 valence electrons. The lowest BCUT2D eigenvalue weighted by molar-refractivity contribution is 0.509. The van der Waals surface area contributed by atoms with Crippen molar-refractivity contribution >= 4 is 11.6 Å². The first-order valence-corrected chi connectivity index (χ1v) is 6.55. The number of alkyl halides is 1. The summed E-state index contributed by atoms with van der Waals surface area (Å²) in [5.74, 6) is 0.910. The molecule has 1 aliphatic rings. The van der Waals surface area contributed by atoms with Gasteiger partial charge in [0.2, 0.25) is 0 Å². The standard InChI is InChI=1S/C13H23Cl/c1-2-3-4-5-6-7-8-12-9-10-13(14)11-12/h5-6,12-13H,2-4,7-11H2,1H3/b6-5+/t12-,13+/m0/s1. The molecule has 1 heteroatoms. The third kappa shape index (κ3) is 5.05. The Hall–Kier alpha value is 0.0300. The maximum Gasteiger partial charge on any atom is 0.0338 e. The van der Waals surface area contributed by atoms with Crippen LogP contribution in [0.2, 0.25) is 0 Å². The molecule has 0 saturated heterocycles. The van der Waals surface area contributed by atoms with E-state index in [1.165, 1.54) is 51.4 Å². The molecule has 0 nitrogen and oxygen atoms in total. The zero-order chi connectivity index (χ0) is 10.2. The summed E-state index contributed by atoms with van der Waals surface area (Å²) in [6, 6.07) is 0. The highest BCUT2D eigenvalue weighted by Crippen LogP contribution is 2.32. The lowest BCUT2D eigenvalue weighted by Crippen LogP contribution is -1.94. The van der Waals surface area contributed by atoms with E-state index < -0.39 is 0 Å². The first-order valence-electron chi connectivity index (χ1n) is 6.12. The first-order chi connectivity index (χ1) is 6.83. The molecular weight excluding hydrogens is 192 g/mol. The maximum absolute atomic E-state index is 6.07. The summed E-state index contributed by atoms with van der Waals surface area (Å²) in [4.78, 5) is 0. The van der Waals surface area contributed by atoms with Gasteiger partial charge in [-0.1, -0.05) is 31.9 Å². The molecule has 0 aromatic carbocycles. The van der Waals surface area contributed by atoms with Crippen LogP contribution in [0.3, 0.4) is 0 Å². The molecule has 0 amide bonds. The smallest absolute Gasteiger partial charge is 0.0338 e. The SMILES string of the molecule is CCCC/C=C/CC[C@H]1CC[C@@H](Cl)C1. The van der Waals surface area contributed by atoms with Crippen LogP contribution in [0.15, 0.2) is 12.2 Å². The van der Waals surface area contributed by atoms with Gasteiger partial charge in [-0.15, -0.1) is 11.6 Å². The monoisotopic (exact) mass is 214 g/mol. The molecule has 1 aliphatic carbocycles. The highest BCUT2D eigenvalue weighted by atomic mass is 35.5. The van der Waals surface area contributed by atoms with Crippen molar-refractivity contribution in [2.75, 3.05) is 0 Å². The van der Waals surface area contributed by atoms with Crippen LogP contribution in [-0.2, 0) is 0 Å². The zero-order valence-electron chi connectivity index (χ0n) is 9.34. The fourth-order valence-electron chi connectivity index (χ4n) is 2.17. The van der Waals surface area contributed by atoms with Gasteiger partial charge >= 0.3 is 0 Å². The van der Waals surface area contributed by atoms with Crippen molar-refractivity contribution in [3.63, 3.8) is 0 Å². The molecule has 0 aromatic rings. The summed E-state index contributed by atoms with van der Waals surface area (Å²) >= 11 is 6.07. The average Bonchev–Trinajstić information content (AvgIpc) is 2.58. The van der Waals surface area contributed by atoms with Gasteiger partial charge in [0.15, 0.2) is 0 Å². The second kappa shape index (κ2) is 7.34. The Morgan fingerprint density at radius 3 is 2.64 bits per heavy atom. The van der Waals surface area contributed by atoms with E-state index in [1.807, 2.05) is 0 Å². The number of unbranched alkanes of at least 4 members (excludes halogenated alkanes) is 2. The lowest BCUT2D eigenvalue weighted by Gasteiger charge is -2.05. The number of hydrogen-bond acceptors (Lipinski definition) is 0. The third-order valence-corrected chi connectivity index (χ3v) is 3.51. The predicted octanol–water partition coefficient (Wildman–Crippen LogP) is 4.92. The fraction of sp³-hybridized carbons (Fsp3) is 0.846. The molecule has 1 saturated carbocycles. The fourth-order valence-corrected chi connectivity index (χ4v) is 2.54. The van der Waals surface area contributed by atoms with Crippen molar-refractivity contribution in [3.05, 3.63) is 12.2 Å². The van der Waals surface area contributed by atoms with Crippen LogP contribution in [0, 0.1) is 5.92 Å². The van der Waals surface area contributed by atoms with Crippen LogP contribution in [-0.4, -0.2) is 5.38 Å². The van der Waals surface area contributed by atoms with E-state index in [0.717, 1.165) is 5.92 Å². The highest BCUT2D eigenvalue weighted by molar-refractivity contribution is 6.20. The van der Waals surface area contributed by atoms with Crippen LogP contribution >= 0.6 is 11.6 Å². The zero-order valence-corrected chi connectivity index (χ0v) is 10.1. The average molecular weight is 215 g/mol. The normalized spacial score (nSPS) is 27.6. The van der Waals surface area contributed by atoms with Crippen LogP contribution in [0.25, 0.3) is 0 Å². The van der Waals surface area contributed by atoms with Gasteiger partial charge in [0.05, 0.1) is 0 Å². The minimum Gasteiger partial charge on any atom is -0.123 e. The molecule has 0 aliphatic heterocycles. The molecule has 0 aromatic heterocycles. The van der Waals surface area contributed by atoms with Gasteiger partial charge in [0, 0.05) is 5.38 Å². The lowest BCUT2D eigenvalue weighted by atomic mass is 10.0. The van der Waals surface area contributed by atoms with Crippen molar-refractivity contribution in [2.24, 2.45) is 5.92 Å². The van der Waals surface area contributed by atoms with E-state index in [4.69, 9.17) is 11.6 Å². The first kappa shape index (κ1) is 12.1. The molecule has 2 atom stereocenters. The number of rotatable bonds is 6. The summed E-state index contributed by atoms with van der Waals surface area (Å²) < 4.78 is 0. The largest absolute Gasteiger partial charge is 0.123 e. The van der Waals surface area contributed by atoms with Crippen molar-refractivity contribution < 1.29 is 0 Å². The summed E-state index contributed by atoms with van der Waals surface area (Å²) in [5, 5.41) is 0.476. The van der Waals surface area contributed by atoms with Gasteiger partial charge in [-0.3, -0.25) is 0 Å². The quantitative estimate of drug-likeness (QED) is 0.335. The molecule has 14 heavy (non-hydrogen) atoms. The van der Waals surface area contributed by atoms with Crippen LogP contribution in [0.5, 0.6) is 0 Å². The Morgan fingerprint density at radius 2 is 2.00 bits per heavy atom. The second-order valence-electron chi connectivity index (χ2n) is 4.47. The molecule has 0 N–H and O–H groups in total. The van der Waals surface area contributed by atoms with Crippen molar-refractivity contribution in [1.82, 2.24) is 0 Å². The maximum atomic E-state index is 6.07. The van der Waals surface area contributed by atoms with Crippen molar-refractivity contribution in [1.29, 1.82) is 0 Å². The predicted molar refractivity (Wildman–Crippen MR) is 64.9 cm³/mol. The Labute approximate surface area is 93.7 Å². The summed E-state index contributed by atoms with van der Waals surface area (Å²) in [6.07, 6.45) is 15.1. The number of hydrogen-bond donors (Lipinski definition) is 0. The summed E-state index contributed by atoms with van der Waals surface area (Å²) in [5.41, 5.74) is 0. The highest BCUT2D eigenvalue weighted by Gasteiger charge is 2.21. The molecule has 0 bridgehead atoms. The topological polar surface area (TPSA) is 0 Å². The van der Waals surface area contributed by atoms with E-state index in [9.17, 15) is 0 Å². The van der Waals surface area contributed by atoms with E-state index in [1.54, 1.807) is 0 Å². The van der Waals surface area contributed by atoms with Gasteiger partial charge < -0.3 is 0 Å². The van der Waals surface area contributed by atoms with E-state index in [0.29, 0.717) is 5.38 Å². The van der Waals surface area contributed by atoms with Gasteiger partial charge in [-0.25, -0.2) is 0 Å². The van der Waals surface area contributed by atoms with Gasteiger partial charge in [-0.05, 0) is 44.4 Å². The molecule has 0 radical (unpaired) electrons. The van der Waals surface area contributed by atoms with Crippen LogP contribution < -0.4 is 0 Å². The van der Waals surface area contributed by atoms with E-state index >= 15 is 0 Å². The number of halogens is 1. The van der Waals surface area contributed by atoms with Crippen molar-refractivity contribution in [3.8, 4) is 0 Å². The van der Waals surface area contributed by atoms with Crippen LogP contribution in [0.1, 0.15) is 58.3 Å². The van der Waals surface area contributed by atoms with E-state index in [-0.39, 0.29) is 0 Å². The molecule has 0 spiro atoms. The van der Waals surface area contributed by atoms with Gasteiger partial charge in [-0.2, -0.15) is 0 Å². The third-order valence-electron chi connectivity index (χ3n) is 3.11. The van der Waals surface area contributed by atoms with Crippen molar-refractivity contribution in [2.45, 2.75) is 63.7 Å². The molecule has 0 unspecified atom stereocenters. The Balaban J connectivity index is 1.95. The van der Waals surface area contributed by atoms with Gasteiger partial charge in [0.1, 0.15) is 0 Å². The number of allylic oxidation sites excluding steroid dienone is 2. The Morgan fingerprint density at radius 1 is 1.21 bits per heavy atom. The van der Waals surface area contributed by atoms with E-state index in [2.05, 4.69) is 19.1 Å². The van der Waals surface area contributed by atoms with Crippen LogP contribution in [0.4, 0.5) is 0 Å². The molecule has 1 rings (SSSR count). The molecule has 0 heterocycles. The Kier molecular flexibility index (Phi) is 6.34. The van der Waals surface area contributed by atoms with Gasteiger partial charge in [0.25, 0.3) is 0 Å². The Bertz CT molecular complexity index is 163. The second-order valence-corrected chi connectivity index (χ2v) is 5.08. The minimum atomic E-state index is 0.476.